The topological polar surface area (TPSA) is 50.1 Å². The highest BCUT2D eigenvalue weighted by Gasteiger charge is 2.21. The third-order valence-corrected chi connectivity index (χ3v) is 3.13. The van der Waals surface area contributed by atoms with Gasteiger partial charge >= 0.3 is 5.97 Å². The summed E-state index contributed by atoms with van der Waals surface area (Å²) in [5.41, 5.74) is 0.0228. The zero-order valence-electron chi connectivity index (χ0n) is 10.6. The van der Waals surface area contributed by atoms with Crippen molar-refractivity contribution >= 4 is 72.0 Å². The van der Waals surface area contributed by atoms with E-state index < -0.39 is 5.97 Å². The molecule has 0 aliphatic carbocycles. The molecular formula is C13H11Br2NO2S2. The van der Waals surface area contributed by atoms with Crippen LogP contribution in [0.3, 0.4) is 0 Å². The third-order valence-electron chi connectivity index (χ3n) is 1.92. The van der Waals surface area contributed by atoms with E-state index in [4.69, 9.17) is 29.2 Å². The van der Waals surface area contributed by atoms with Crippen LogP contribution in [0.5, 0.6) is 0 Å². The van der Waals surface area contributed by atoms with Gasteiger partial charge in [0.2, 0.25) is 0 Å². The second-order valence-corrected chi connectivity index (χ2v) is 5.25. The molecule has 0 bridgehead atoms. The number of esters is 1. The summed E-state index contributed by atoms with van der Waals surface area (Å²) < 4.78 is 4.97. The van der Waals surface area contributed by atoms with Gasteiger partial charge in [0.25, 0.3) is 0 Å². The number of ether oxygens (including phenoxy) is 1. The zero-order chi connectivity index (χ0) is 15.5. The minimum Gasteiger partial charge on any atom is -0.462 e. The van der Waals surface area contributed by atoms with Gasteiger partial charge in [-0.25, -0.2) is 4.79 Å². The number of carbonyl (C=O) groups is 1. The van der Waals surface area contributed by atoms with E-state index >= 15 is 0 Å². The van der Waals surface area contributed by atoms with Crippen molar-refractivity contribution in [2.45, 2.75) is 13.3 Å². The molecule has 0 aromatic rings. The smallest absolute Gasteiger partial charge is 0.349 e. The molecule has 0 aromatic heterocycles. The van der Waals surface area contributed by atoms with Gasteiger partial charge in [-0.15, -0.1) is 0 Å². The van der Waals surface area contributed by atoms with Crippen LogP contribution in [0.25, 0.3) is 0 Å². The number of hydrogen-bond acceptors (Lipinski definition) is 5. The molecule has 0 unspecified atom stereocenters. The first-order chi connectivity index (χ1) is 9.53. The molecule has 0 amide bonds. The Hall–Kier alpha value is -0.680. The van der Waals surface area contributed by atoms with Gasteiger partial charge in [0.15, 0.2) is 0 Å². The van der Waals surface area contributed by atoms with E-state index in [2.05, 4.69) is 31.9 Å². The van der Waals surface area contributed by atoms with Gasteiger partial charge in [-0.2, -0.15) is 5.26 Å². The summed E-state index contributed by atoms with van der Waals surface area (Å²) in [7, 11) is 0. The molecule has 106 valence electrons. The van der Waals surface area contributed by atoms with Crippen molar-refractivity contribution in [1.82, 2.24) is 0 Å². The van der Waals surface area contributed by atoms with Crippen LogP contribution in [0.15, 0.2) is 33.3 Å². The molecule has 0 radical (unpaired) electrons. The van der Waals surface area contributed by atoms with Gasteiger partial charge in [0.05, 0.1) is 6.61 Å². The molecule has 0 fully saturated rings. The van der Waals surface area contributed by atoms with E-state index in [1.807, 2.05) is 13.0 Å². The molecule has 0 spiro atoms. The molecule has 0 atom stereocenters. The second kappa shape index (κ2) is 11.0. The Morgan fingerprint density at radius 2 is 1.75 bits per heavy atom. The molecule has 0 aliphatic rings. The third kappa shape index (κ3) is 6.18. The van der Waals surface area contributed by atoms with Crippen molar-refractivity contribution in [1.29, 1.82) is 5.26 Å². The maximum Gasteiger partial charge on any atom is 0.349 e. The van der Waals surface area contributed by atoms with E-state index in [0.29, 0.717) is 6.42 Å². The lowest BCUT2D eigenvalue weighted by atomic mass is 10.0. The number of thiocarbonyl (C=S) groups is 2. The Bertz CT molecular complexity index is 505. The van der Waals surface area contributed by atoms with Gasteiger partial charge in [-0.3, -0.25) is 0 Å². The van der Waals surface area contributed by atoms with Crippen molar-refractivity contribution in [3.63, 3.8) is 0 Å². The molecule has 0 heterocycles. The van der Waals surface area contributed by atoms with Crippen LogP contribution in [0.4, 0.5) is 0 Å². The largest absolute Gasteiger partial charge is 0.462 e. The molecule has 7 heteroatoms. The van der Waals surface area contributed by atoms with Crippen LogP contribution >= 0.6 is 56.3 Å². The number of halogens is 2. The fourth-order valence-electron chi connectivity index (χ4n) is 1.12. The first kappa shape index (κ1) is 19.3. The highest BCUT2D eigenvalue weighted by Crippen LogP contribution is 2.15. The van der Waals surface area contributed by atoms with Crippen molar-refractivity contribution in [3.8, 4) is 6.07 Å². The maximum absolute atomic E-state index is 11.9. The normalized spacial score (nSPS) is 10.3. The lowest BCUT2D eigenvalue weighted by Crippen LogP contribution is -2.16. The molecule has 0 saturated heterocycles. The summed E-state index contributed by atoms with van der Waals surface area (Å²) >= 11 is 16.5. The molecular weight excluding hydrogens is 426 g/mol. The number of hydrogen-bond donors (Lipinski definition) is 0. The fourth-order valence-corrected chi connectivity index (χ4v) is 2.62. The Labute approximate surface area is 145 Å². The summed E-state index contributed by atoms with van der Waals surface area (Å²) in [5, 5.41) is 9.20. The first-order valence-corrected chi connectivity index (χ1v) is 8.11. The molecule has 0 aliphatic heterocycles. The maximum atomic E-state index is 11.9. The standard InChI is InChI=1S/C13H11Br2NO2S2/c1-2-7-18-13(17)9(8-16)12(10(19)3-5-14)11(20)4-6-15/h3-6H,2,7H2,1H3. The van der Waals surface area contributed by atoms with Crippen LogP contribution in [0.2, 0.25) is 0 Å². The summed E-state index contributed by atoms with van der Waals surface area (Å²) in [6.45, 7) is 2.10. The van der Waals surface area contributed by atoms with E-state index in [1.54, 1.807) is 0 Å². The molecule has 0 aromatic carbocycles. The van der Waals surface area contributed by atoms with Gasteiger partial charge < -0.3 is 4.74 Å². The minimum absolute atomic E-state index is 0.190. The molecule has 3 nitrogen and oxygen atoms in total. The van der Waals surface area contributed by atoms with Crippen molar-refractivity contribution in [2.24, 2.45) is 0 Å². The summed E-state index contributed by atoms with van der Waals surface area (Å²) in [5.74, 6) is -0.722. The number of allylic oxidation sites excluding steroid dienone is 3. The highest BCUT2D eigenvalue weighted by atomic mass is 79.9. The summed E-state index contributed by atoms with van der Waals surface area (Å²) in [6, 6.07) is 1.82. The lowest BCUT2D eigenvalue weighted by molar-refractivity contribution is -0.138. The SMILES string of the molecule is CCCOC(=O)C(C#N)=C(C(=S)C=CBr)C(=S)C=CBr. The van der Waals surface area contributed by atoms with E-state index in [1.165, 1.54) is 22.1 Å². The minimum atomic E-state index is -0.722. The van der Waals surface area contributed by atoms with Crippen molar-refractivity contribution in [2.75, 3.05) is 6.61 Å². The van der Waals surface area contributed by atoms with Crippen molar-refractivity contribution in [3.05, 3.63) is 33.3 Å². The van der Waals surface area contributed by atoms with E-state index in [-0.39, 0.29) is 27.5 Å². The van der Waals surface area contributed by atoms with E-state index in [0.717, 1.165) is 0 Å². The van der Waals surface area contributed by atoms with Gasteiger partial charge in [-0.05, 0) is 28.5 Å². The number of nitriles is 1. The molecule has 20 heavy (non-hydrogen) atoms. The molecule has 0 N–H and O–H groups in total. The predicted molar refractivity (Wildman–Crippen MR) is 95.2 cm³/mol. The van der Waals surface area contributed by atoms with Gasteiger partial charge in [-0.1, -0.05) is 63.2 Å². The van der Waals surface area contributed by atoms with Crippen LogP contribution in [-0.2, 0) is 9.53 Å². The quantitative estimate of drug-likeness (QED) is 0.257. The highest BCUT2D eigenvalue weighted by molar-refractivity contribution is 9.11. The van der Waals surface area contributed by atoms with Crippen molar-refractivity contribution < 1.29 is 9.53 Å². The van der Waals surface area contributed by atoms with E-state index in [9.17, 15) is 10.1 Å². The Morgan fingerprint density at radius 3 is 2.10 bits per heavy atom. The van der Waals surface area contributed by atoms with Crippen LogP contribution in [-0.4, -0.2) is 22.3 Å². The van der Waals surface area contributed by atoms with Gasteiger partial charge in [0.1, 0.15) is 11.6 Å². The van der Waals surface area contributed by atoms with Gasteiger partial charge in [0, 0.05) is 15.3 Å². The number of rotatable bonds is 7. The molecule has 0 rings (SSSR count). The van der Waals surface area contributed by atoms with Crippen LogP contribution in [0, 0.1) is 11.3 Å². The fraction of sp³-hybridized carbons (Fsp3) is 0.231. The summed E-state index contributed by atoms with van der Waals surface area (Å²) in [6.07, 6.45) is 3.73. The Morgan fingerprint density at radius 1 is 1.25 bits per heavy atom. The predicted octanol–water partition coefficient (Wildman–Crippen LogP) is 4.32. The number of carbonyl (C=O) groups excluding carboxylic acids is 1. The average Bonchev–Trinajstić information content (AvgIpc) is 2.42. The summed E-state index contributed by atoms with van der Waals surface area (Å²) in [4.78, 5) is 15.5. The van der Waals surface area contributed by atoms with Crippen LogP contribution in [0.1, 0.15) is 13.3 Å². The Kier molecular flexibility index (Phi) is 10.7. The lowest BCUT2D eigenvalue weighted by Gasteiger charge is -2.08. The van der Waals surface area contributed by atoms with Crippen LogP contribution < -0.4 is 0 Å². The number of nitrogens with zero attached hydrogens (tertiary/aromatic N) is 1. The monoisotopic (exact) mass is 435 g/mol. The molecule has 0 saturated carbocycles. The first-order valence-electron chi connectivity index (χ1n) is 5.47. The Balaban J connectivity index is 5.80. The zero-order valence-corrected chi connectivity index (χ0v) is 15.4. The average molecular weight is 437 g/mol. The second-order valence-electron chi connectivity index (χ2n) is 3.31.